The van der Waals surface area contributed by atoms with E-state index >= 15 is 0 Å². The maximum absolute atomic E-state index is 12.5. The minimum Gasteiger partial charge on any atom is -0.493 e. The SMILES string of the molecule is COc1ccc([C@@H]2CN(C(=O)O)C(C)[C@@]2(C)C(C)=O)cc1OC1CCCC1. The third kappa shape index (κ3) is 3.37. The number of methoxy groups -OCH3 is 1. The normalized spacial score (nSPS) is 28.4. The summed E-state index contributed by atoms with van der Waals surface area (Å²) in [6.45, 7) is 5.53. The van der Waals surface area contributed by atoms with Crippen LogP contribution < -0.4 is 9.47 Å². The van der Waals surface area contributed by atoms with Crippen LogP contribution in [-0.2, 0) is 4.79 Å². The Morgan fingerprint density at radius 2 is 1.89 bits per heavy atom. The van der Waals surface area contributed by atoms with Gasteiger partial charge in [0.25, 0.3) is 0 Å². The minimum absolute atomic E-state index is 0.00201. The quantitative estimate of drug-likeness (QED) is 0.839. The van der Waals surface area contributed by atoms with Crippen molar-refractivity contribution in [3.63, 3.8) is 0 Å². The molecule has 1 aromatic carbocycles. The first-order chi connectivity index (χ1) is 12.8. The van der Waals surface area contributed by atoms with Gasteiger partial charge in [0.05, 0.1) is 18.6 Å². The Morgan fingerprint density at radius 1 is 1.22 bits per heavy atom. The molecule has 6 heteroatoms. The van der Waals surface area contributed by atoms with Gasteiger partial charge >= 0.3 is 6.09 Å². The van der Waals surface area contributed by atoms with E-state index in [1.807, 2.05) is 32.0 Å². The zero-order valence-electron chi connectivity index (χ0n) is 16.5. The maximum atomic E-state index is 12.5. The number of ketones is 1. The van der Waals surface area contributed by atoms with Gasteiger partial charge in [0.15, 0.2) is 11.5 Å². The fraction of sp³-hybridized carbons (Fsp3) is 0.619. The lowest BCUT2D eigenvalue weighted by atomic mass is 9.69. The highest BCUT2D eigenvalue weighted by molar-refractivity contribution is 5.86. The van der Waals surface area contributed by atoms with Gasteiger partial charge in [0.1, 0.15) is 5.78 Å². The number of ether oxygens (including phenoxy) is 2. The number of rotatable bonds is 5. The van der Waals surface area contributed by atoms with E-state index in [0.717, 1.165) is 18.4 Å². The number of benzene rings is 1. The van der Waals surface area contributed by atoms with E-state index in [0.29, 0.717) is 18.0 Å². The van der Waals surface area contributed by atoms with E-state index in [-0.39, 0.29) is 23.8 Å². The van der Waals surface area contributed by atoms with E-state index in [4.69, 9.17) is 9.47 Å². The molecule has 3 rings (SSSR count). The number of carbonyl (C=O) groups is 2. The molecule has 0 radical (unpaired) electrons. The summed E-state index contributed by atoms with van der Waals surface area (Å²) in [7, 11) is 1.61. The molecule has 27 heavy (non-hydrogen) atoms. The van der Waals surface area contributed by atoms with Gasteiger partial charge in [-0.05, 0) is 57.2 Å². The Kier molecular flexibility index (Phi) is 5.36. The molecule has 0 bridgehead atoms. The molecule has 1 aliphatic carbocycles. The number of carbonyl (C=O) groups excluding carboxylic acids is 1. The van der Waals surface area contributed by atoms with E-state index in [1.165, 1.54) is 17.7 Å². The predicted molar refractivity (Wildman–Crippen MR) is 102 cm³/mol. The number of carboxylic acid groups (broad SMARTS) is 1. The van der Waals surface area contributed by atoms with Gasteiger partial charge in [-0.3, -0.25) is 4.79 Å². The van der Waals surface area contributed by atoms with Crippen molar-refractivity contribution in [2.75, 3.05) is 13.7 Å². The van der Waals surface area contributed by atoms with Crippen LogP contribution in [0.5, 0.6) is 11.5 Å². The van der Waals surface area contributed by atoms with Gasteiger partial charge in [-0.25, -0.2) is 4.79 Å². The molecular formula is C21H29NO5. The molecule has 1 amide bonds. The zero-order valence-corrected chi connectivity index (χ0v) is 16.5. The summed E-state index contributed by atoms with van der Waals surface area (Å²) in [4.78, 5) is 25.6. The van der Waals surface area contributed by atoms with E-state index in [1.54, 1.807) is 14.0 Å². The Morgan fingerprint density at radius 3 is 2.44 bits per heavy atom. The second-order valence-electron chi connectivity index (χ2n) is 7.94. The fourth-order valence-corrected chi connectivity index (χ4v) is 4.58. The van der Waals surface area contributed by atoms with Gasteiger partial charge in [-0.15, -0.1) is 0 Å². The second-order valence-corrected chi connectivity index (χ2v) is 7.94. The van der Waals surface area contributed by atoms with Crippen molar-refractivity contribution in [2.45, 2.75) is 64.5 Å². The highest BCUT2D eigenvalue weighted by atomic mass is 16.5. The van der Waals surface area contributed by atoms with Gasteiger partial charge < -0.3 is 19.5 Å². The van der Waals surface area contributed by atoms with Crippen molar-refractivity contribution in [2.24, 2.45) is 5.41 Å². The molecular weight excluding hydrogens is 346 g/mol. The summed E-state index contributed by atoms with van der Waals surface area (Å²) in [6, 6.07) is 5.32. The Balaban J connectivity index is 1.98. The molecule has 1 saturated heterocycles. The van der Waals surface area contributed by atoms with Crippen LogP contribution >= 0.6 is 0 Å². The molecule has 1 heterocycles. The first-order valence-corrected chi connectivity index (χ1v) is 9.64. The number of hydrogen-bond acceptors (Lipinski definition) is 4. The molecule has 1 saturated carbocycles. The summed E-state index contributed by atoms with van der Waals surface area (Å²) in [5, 5.41) is 9.56. The lowest BCUT2D eigenvalue weighted by Gasteiger charge is -2.33. The lowest BCUT2D eigenvalue weighted by molar-refractivity contribution is -0.127. The van der Waals surface area contributed by atoms with Crippen molar-refractivity contribution in [1.29, 1.82) is 0 Å². The molecule has 1 N–H and O–H groups in total. The van der Waals surface area contributed by atoms with Crippen LogP contribution in [0.2, 0.25) is 0 Å². The topological polar surface area (TPSA) is 76.1 Å². The molecule has 2 aliphatic rings. The summed E-state index contributed by atoms with van der Waals surface area (Å²) < 4.78 is 11.6. The van der Waals surface area contributed by atoms with Crippen LogP contribution in [0.3, 0.4) is 0 Å². The summed E-state index contributed by atoms with van der Waals surface area (Å²) in [6.07, 6.45) is 3.60. The molecule has 1 unspecified atom stereocenters. The number of amides is 1. The Labute approximate surface area is 160 Å². The molecule has 0 spiro atoms. The van der Waals surface area contributed by atoms with Crippen LogP contribution in [0.4, 0.5) is 4.79 Å². The molecule has 3 atom stereocenters. The van der Waals surface area contributed by atoms with Gasteiger partial charge in [0.2, 0.25) is 0 Å². The largest absolute Gasteiger partial charge is 0.493 e. The highest BCUT2D eigenvalue weighted by Gasteiger charge is 2.54. The molecule has 148 valence electrons. The molecule has 1 aromatic rings. The van der Waals surface area contributed by atoms with Crippen molar-refractivity contribution in [1.82, 2.24) is 4.90 Å². The molecule has 1 aliphatic heterocycles. The maximum Gasteiger partial charge on any atom is 0.407 e. The van der Waals surface area contributed by atoms with Gasteiger partial charge in [0, 0.05) is 18.5 Å². The summed E-state index contributed by atoms with van der Waals surface area (Å²) in [5.74, 6) is 1.11. The van der Waals surface area contributed by atoms with Crippen LogP contribution in [0.1, 0.15) is 57.9 Å². The number of nitrogens with zero attached hydrogens (tertiary/aromatic N) is 1. The number of hydrogen-bond donors (Lipinski definition) is 1. The van der Waals surface area contributed by atoms with E-state index < -0.39 is 11.5 Å². The predicted octanol–water partition coefficient (Wildman–Crippen LogP) is 4.08. The Bertz CT molecular complexity index is 727. The van der Waals surface area contributed by atoms with Crippen molar-refractivity contribution < 1.29 is 24.2 Å². The van der Waals surface area contributed by atoms with Crippen molar-refractivity contribution >= 4 is 11.9 Å². The molecule has 6 nitrogen and oxygen atoms in total. The number of likely N-dealkylation sites (tertiary alicyclic amines) is 1. The van der Waals surface area contributed by atoms with Gasteiger partial charge in [-0.2, -0.15) is 0 Å². The zero-order chi connectivity index (χ0) is 19.8. The van der Waals surface area contributed by atoms with Crippen molar-refractivity contribution in [3.05, 3.63) is 23.8 Å². The van der Waals surface area contributed by atoms with Crippen LogP contribution in [0.15, 0.2) is 18.2 Å². The minimum atomic E-state index is -0.992. The van der Waals surface area contributed by atoms with E-state index in [9.17, 15) is 14.7 Å². The van der Waals surface area contributed by atoms with Crippen LogP contribution in [0, 0.1) is 5.41 Å². The Hall–Kier alpha value is -2.24. The van der Waals surface area contributed by atoms with Gasteiger partial charge in [-0.1, -0.05) is 13.0 Å². The monoisotopic (exact) mass is 375 g/mol. The summed E-state index contributed by atoms with van der Waals surface area (Å²) >= 11 is 0. The van der Waals surface area contributed by atoms with Crippen LogP contribution in [0.25, 0.3) is 0 Å². The molecule has 0 aromatic heterocycles. The summed E-state index contributed by atoms with van der Waals surface area (Å²) in [5.41, 5.74) is 0.134. The second kappa shape index (κ2) is 7.41. The third-order valence-electron chi connectivity index (χ3n) is 6.63. The van der Waals surface area contributed by atoms with Crippen molar-refractivity contribution in [3.8, 4) is 11.5 Å². The van der Waals surface area contributed by atoms with Crippen LogP contribution in [-0.4, -0.2) is 47.7 Å². The first-order valence-electron chi connectivity index (χ1n) is 9.64. The smallest absolute Gasteiger partial charge is 0.407 e. The first kappa shape index (κ1) is 19.5. The fourth-order valence-electron chi connectivity index (χ4n) is 4.58. The number of Topliss-reactive ketones (excluding diaryl/α,β-unsaturated/α-hetero) is 1. The lowest BCUT2D eigenvalue weighted by Crippen LogP contribution is -2.43. The van der Waals surface area contributed by atoms with E-state index in [2.05, 4.69) is 0 Å². The third-order valence-corrected chi connectivity index (χ3v) is 6.63. The average Bonchev–Trinajstić information content (AvgIpc) is 3.23. The average molecular weight is 375 g/mol. The standard InChI is InChI=1S/C21H29NO5/c1-13-21(3,14(2)23)17(12-22(13)20(24)25)15-9-10-18(26-4)19(11-15)27-16-7-5-6-8-16/h9-11,13,16-17H,5-8,12H2,1-4H3,(H,24,25)/t13?,17-,21-/m0/s1. The highest BCUT2D eigenvalue weighted by Crippen LogP contribution is 2.49. The molecule has 2 fully saturated rings.